The Balaban J connectivity index is 3.02. The van der Waals surface area contributed by atoms with E-state index in [0.717, 1.165) is 11.1 Å². The van der Waals surface area contributed by atoms with E-state index in [1.807, 2.05) is 12.1 Å². The lowest BCUT2D eigenvalue weighted by atomic mass is 10.1. The van der Waals surface area contributed by atoms with Gasteiger partial charge in [0.25, 0.3) is 0 Å². The standard InChI is InChI=1S/C10H11BrClNO/c1-6(14)10(11)7-2-3-8(5-12)9(13)4-7/h2-4,10H,5,13H2,1H3. The number of nitrogen functional groups attached to an aromatic ring is 1. The summed E-state index contributed by atoms with van der Waals surface area (Å²) in [6, 6.07) is 5.47. The molecule has 1 aromatic rings. The highest BCUT2D eigenvalue weighted by molar-refractivity contribution is 9.09. The Morgan fingerprint density at radius 1 is 1.64 bits per heavy atom. The number of Topliss-reactive ketones (excluding diaryl/α,β-unsaturated/α-hetero) is 1. The smallest absolute Gasteiger partial charge is 0.147 e. The van der Waals surface area contributed by atoms with Gasteiger partial charge in [-0.05, 0) is 24.1 Å². The first-order valence-electron chi connectivity index (χ1n) is 4.15. The maximum atomic E-state index is 11.1. The number of benzene rings is 1. The minimum atomic E-state index is -0.283. The lowest BCUT2D eigenvalue weighted by Crippen LogP contribution is -2.02. The number of carbonyl (C=O) groups is 1. The van der Waals surface area contributed by atoms with Crippen LogP contribution in [0.15, 0.2) is 18.2 Å². The molecule has 0 amide bonds. The zero-order chi connectivity index (χ0) is 10.7. The quantitative estimate of drug-likeness (QED) is 0.681. The monoisotopic (exact) mass is 275 g/mol. The average molecular weight is 277 g/mol. The van der Waals surface area contributed by atoms with Crippen molar-refractivity contribution in [1.82, 2.24) is 0 Å². The van der Waals surface area contributed by atoms with Gasteiger partial charge in [0.15, 0.2) is 0 Å². The number of halogens is 2. The molecule has 0 aromatic heterocycles. The molecule has 2 nitrogen and oxygen atoms in total. The summed E-state index contributed by atoms with van der Waals surface area (Å²) in [4.78, 5) is 10.8. The Morgan fingerprint density at radius 2 is 2.29 bits per heavy atom. The molecule has 2 N–H and O–H groups in total. The molecule has 0 heterocycles. The van der Waals surface area contributed by atoms with E-state index in [1.165, 1.54) is 6.92 Å². The van der Waals surface area contributed by atoms with Crippen LogP contribution in [0.2, 0.25) is 0 Å². The Morgan fingerprint density at radius 3 is 2.71 bits per heavy atom. The van der Waals surface area contributed by atoms with Crippen molar-refractivity contribution >= 4 is 39.0 Å². The molecule has 0 fully saturated rings. The van der Waals surface area contributed by atoms with E-state index >= 15 is 0 Å². The summed E-state index contributed by atoms with van der Waals surface area (Å²) >= 11 is 8.96. The summed E-state index contributed by atoms with van der Waals surface area (Å²) in [5.41, 5.74) is 8.13. The van der Waals surface area contributed by atoms with Crippen LogP contribution in [0.3, 0.4) is 0 Å². The third-order valence-corrected chi connectivity index (χ3v) is 3.42. The predicted octanol–water partition coefficient (Wildman–Crippen LogP) is 3.03. The SMILES string of the molecule is CC(=O)C(Br)c1ccc(CCl)c(N)c1. The Hall–Kier alpha value is -0.540. The van der Waals surface area contributed by atoms with E-state index in [0.29, 0.717) is 11.6 Å². The maximum absolute atomic E-state index is 11.1. The van der Waals surface area contributed by atoms with Gasteiger partial charge in [-0.1, -0.05) is 28.1 Å². The van der Waals surface area contributed by atoms with Gasteiger partial charge in [0.1, 0.15) is 5.78 Å². The van der Waals surface area contributed by atoms with E-state index in [2.05, 4.69) is 15.9 Å². The first-order valence-corrected chi connectivity index (χ1v) is 5.60. The van der Waals surface area contributed by atoms with E-state index in [1.54, 1.807) is 6.07 Å². The fourth-order valence-corrected chi connectivity index (χ4v) is 1.66. The zero-order valence-corrected chi connectivity index (χ0v) is 10.1. The van der Waals surface area contributed by atoms with Gasteiger partial charge in [0.2, 0.25) is 0 Å². The summed E-state index contributed by atoms with van der Waals surface area (Å²) in [6.07, 6.45) is 0. The molecule has 14 heavy (non-hydrogen) atoms. The van der Waals surface area contributed by atoms with Crippen LogP contribution >= 0.6 is 27.5 Å². The third kappa shape index (κ3) is 2.49. The van der Waals surface area contributed by atoms with Crippen LogP contribution in [0.4, 0.5) is 5.69 Å². The van der Waals surface area contributed by atoms with Gasteiger partial charge in [-0.25, -0.2) is 0 Å². The summed E-state index contributed by atoms with van der Waals surface area (Å²) in [5.74, 6) is 0.446. The normalized spacial score (nSPS) is 12.5. The van der Waals surface area contributed by atoms with Gasteiger partial charge >= 0.3 is 0 Å². The van der Waals surface area contributed by atoms with Crippen LogP contribution in [0, 0.1) is 0 Å². The van der Waals surface area contributed by atoms with Crippen molar-refractivity contribution in [3.8, 4) is 0 Å². The first kappa shape index (κ1) is 11.5. The second kappa shape index (κ2) is 4.80. The highest BCUT2D eigenvalue weighted by Gasteiger charge is 2.13. The number of ketones is 1. The molecule has 76 valence electrons. The molecular formula is C10H11BrClNO. The Kier molecular flexibility index (Phi) is 3.96. The molecule has 0 aliphatic rings. The number of carbonyl (C=O) groups excluding carboxylic acids is 1. The molecular weight excluding hydrogens is 265 g/mol. The second-order valence-electron chi connectivity index (χ2n) is 3.07. The fourth-order valence-electron chi connectivity index (χ4n) is 1.13. The molecule has 1 unspecified atom stereocenters. The minimum Gasteiger partial charge on any atom is -0.398 e. The Labute approximate surface area is 96.6 Å². The highest BCUT2D eigenvalue weighted by Crippen LogP contribution is 2.27. The number of hydrogen-bond donors (Lipinski definition) is 1. The van der Waals surface area contributed by atoms with Gasteiger partial charge in [0, 0.05) is 11.6 Å². The van der Waals surface area contributed by atoms with Gasteiger partial charge < -0.3 is 5.73 Å². The van der Waals surface area contributed by atoms with Crippen molar-refractivity contribution in [2.75, 3.05) is 5.73 Å². The van der Waals surface area contributed by atoms with Crippen molar-refractivity contribution in [1.29, 1.82) is 0 Å². The van der Waals surface area contributed by atoms with Gasteiger partial charge in [0.05, 0.1) is 4.83 Å². The largest absolute Gasteiger partial charge is 0.398 e. The lowest BCUT2D eigenvalue weighted by Gasteiger charge is -2.09. The summed E-state index contributed by atoms with van der Waals surface area (Å²) in [6.45, 7) is 1.53. The van der Waals surface area contributed by atoms with Gasteiger partial charge in [-0.15, -0.1) is 11.6 Å². The van der Waals surface area contributed by atoms with Crippen LogP contribution < -0.4 is 5.73 Å². The summed E-state index contributed by atoms with van der Waals surface area (Å²) in [7, 11) is 0. The van der Waals surface area contributed by atoms with E-state index in [4.69, 9.17) is 17.3 Å². The maximum Gasteiger partial charge on any atom is 0.147 e. The van der Waals surface area contributed by atoms with Crippen molar-refractivity contribution < 1.29 is 4.79 Å². The number of nitrogens with two attached hydrogens (primary N) is 1. The highest BCUT2D eigenvalue weighted by atomic mass is 79.9. The molecule has 1 aromatic carbocycles. The molecule has 4 heteroatoms. The van der Waals surface area contributed by atoms with Gasteiger partial charge in [-0.3, -0.25) is 4.79 Å². The van der Waals surface area contributed by atoms with E-state index in [-0.39, 0.29) is 10.6 Å². The first-order chi connectivity index (χ1) is 6.56. The molecule has 0 radical (unpaired) electrons. The third-order valence-electron chi connectivity index (χ3n) is 1.96. The van der Waals surface area contributed by atoms with Gasteiger partial charge in [-0.2, -0.15) is 0 Å². The number of rotatable bonds is 3. The lowest BCUT2D eigenvalue weighted by molar-refractivity contribution is -0.116. The van der Waals surface area contributed by atoms with Crippen LogP contribution in [0.1, 0.15) is 22.9 Å². The van der Waals surface area contributed by atoms with Crippen molar-refractivity contribution in [2.45, 2.75) is 17.6 Å². The molecule has 0 aliphatic heterocycles. The molecule has 0 bridgehead atoms. The van der Waals surface area contributed by atoms with Crippen LogP contribution in [-0.4, -0.2) is 5.78 Å². The fraction of sp³-hybridized carbons (Fsp3) is 0.300. The summed E-state index contributed by atoms with van der Waals surface area (Å²) in [5, 5.41) is 0. The minimum absolute atomic E-state index is 0.0584. The summed E-state index contributed by atoms with van der Waals surface area (Å²) < 4.78 is 0. The molecule has 0 spiro atoms. The topological polar surface area (TPSA) is 43.1 Å². The molecule has 1 atom stereocenters. The second-order valence-corrected chi connectivity index (χ2v) is 4.25. The van der Waals surface area contributed by atoms with Crippen LogP contribution in [-0.2, 0) is 10.7 Å². The zero-order valence-electron chi connectivity index (χ0n) is 7.76. The Bertz CT molecular complexity index is 354. The molecule has 1 rings (SSSR count). The predicted molar refractivity (Wildman–Crippen MR) is 62.8 cm³/mol. The number of hydrogen-bond acceptors (Lipinski definition) is 2. The van der Waals surface area contributed by atoms with Crippen molar-refractivity contribution in [3.05, 3.63) is 29.3 Å². The van der Waals surface area contributed by atoms with Crippen molar-refractivity contribution in [3.63, 3.8) is 0 Å². The number of anilines is 1. The van der Waals surface area contributed by atoms with Crippen LogP contribution in [0.5, 0.6) is 0 Å². The van der Waals surface area contributed by atoms with Crippen LogP contribution in [0.25, 0.3) is 0 Å². The van der Waals surface area contributed by atoms with Crippen molar-refractivity contribution in [2.24, 2.45) is 0 Å². The molecule has 0 aliphatic carbocycles. The molecule has 0 saturated heterocycles. The van der Waals surface area contributed by atoms with E-state index in [9.17, 15) is 4.79 Å². The number of alkyl halides is 2. The van der Waals surface area contributed by atoms with E-state index < -0.39 is 0 Å². The molecule has 0 saturated carbocycles. The average Bonchev–Trinajstić information content (AvgIpc) is 2.16.